The molecule has 0 bridgehead atoms. The Balaban J connectivity index is 2.89. The van der Waals surface area contributed by atoms with Gasteiger partial charge in [-0.25, -0.2) is 4.39 Å². The van der Waals surface area contributed by atoms with Crippen molar-refractivity contribution in [2.75, 3.05) is 19.0 Å². The lowest BCUT2D eigenvalue weighted by atomic mass is 10.3. The molecule has 1 aromatic rings. The highest BCUT2D eigenvalue weighted by Crippen LogP contribution is 2.09. The maximum Gasteiger partial charge on any atom is 0.123 e. The summed E-state index contributed by atoms with van der Waals surface area (Å²) in [5, 5.41) is 0. The first-order valence-electron chi connectivity index (χ1n) is 3.05. The molecular formula is C8H9FN. The Hall–Kier alpha value is -1.05. The summed E-state index contributed by atoms with van der Waals surface area (Å²) in [6.45, 7) is 0. The summed E-state index contributed by atoms with van der Waals surface area (Å²) in [5.74, 6) is -0.245. The molecule has 0 fully saturated rings. The molecule has 2 heteroatoms. The molecule has 0 aliphatic carbocycles. The van der Waals surface area contributed by atoms with Gasteiger partial charge in [0, 0.05) is 25.8 Å². The quantitative estimate of drug-likeness (QED) is 0.570. The summed E-state index contributed by atoms with van der Waals surface area (Å²) >= 11 is 0. The van der Waals surface area contributed by atoms with Gasteiger partial charge in [-0.05, 0) is 18.2 Å². The van der Waals surface area contributed by atoms with Gasteiger partial charge in [0.25, 0.3) is 0 Å². The normalized spacial score (nSPS) is 9.50. The number of rotatable bonds is 1. The van der Waals surface area contributed by atoms with Crippen LogP contribution in [0.2, 0.25) is 0 Å². The van der Waals surface area contributed by atoms with E-state index in [1.165, 1.54) is 12.1 Å². The maximum absolute atomic E-state index is 12.3. The minimum Gasteiger partial charge on any atom is -0.377 e. The third-order valence-corrected chi connectivity index (χ3v) is 1.24. The molecule has 0 saturated carbocycles. The number of benzene rings is 1. The predicted octanol–water partition coefficient (Wildman–Crippen LogP) is 1.69. The molecule has 0 unspecified atom stereocenters. The topological polar surface area (TPSA) is 3.24 Å². The van der Waals surface area contributed by atoms with Crippen LogP contribution in [-0.2, 0) is 0 Å². The molecule has 0 aliphatic rings. The van der Waals surface area contributed by atoms with Crippen molar-refractivity contribution in [1.29, 1.82) is 0 Å². The first-order valence-corrected chi connectivity index (χ1v) is 3.05. The van der Waals surface area contributed by atoms with Gasteiger partial charge in [0.05, 0.1) is 0 Å². The van der Waals surface area contributed by atoms with E-state index < -0.39 is 0 Å². The summed E-state index contributed by atoms with van der Waals surface area (Å²) < 4.78 is 12.3. The highest BCUT2D eigenvalue weighted by Gasteiger charge is 1.93. The van der Waals surface area contributed by atoms with Crippen LogP contribution in [0.4, 0.5) is 10.1 Å². The van der Waals surface area contributed by atoms with Gasteiger partial charge in [0.15, 0.2) is 0 Å². The molecule has 0 N–H and O–H groups in total. The van der Waals surface area contributed by atoms with Crippen LogP contribution in [0.25, 0.3) is 0 Å². The molecule has 53 valence electrons. The molecule has 10 heavy (non-hydrogen) atoms. The van der Waals surface area contributed by atoms with Crippen molar-refractivity contribution in [2.45, 2.75) is 0 Å². The summed E-state index contributed by atoms with van der Waals surface area (Å²) in [5.41, 5.74) is 0.890. The largest absolute Gasteiger partial charge is 0.377 e. The molecule has 0 aromatic heterocycles. The van der Waals surface area contributed by atoms with Crippen LogP contribution in [0.15, 0.2) is 18.2 Å². The molecule has 1 nitrogen and oxygen atoms in total. The Labute approximate surface area is 60.1 Å². The van der Waals surface area contributed by atoms with Crippen LogP contribution in [0.3, 0.4) is 0 Å². The van der Waals surface area contributed by atoms with Crippen LogP contribution in [-0.4, -0.2) is 14.1 Å². The summed E-state index contributed by atoms with van der Waals surface area (Å²) in [6.07, 6.45) is 0. The van der Waals surface area contributed by atoms with Crippen molar-refractivity contribution in [3.8, 4) is 0 Å². The number of halogens is 1. The fourth-order valence-electron chi connectivity index (χ4n) is 0.676. The second-order valence-corrected chi connectivity index (χ2v) is 2.29. The summed E-state index contributed by atoms with van der Waals surface area (Å²) in [7, 11) is 3.79. The zero-order valence-corrected chi connectivity index (χ0v) is 6.06. The zero-order chi connectivity index (χ0) is 7.56. The smallest absolute Gasteiger partial charge is 0.123 e. The lowest BCUT2D eigenvalue weighted by Crippen LogP contribution is -2.08. The molecule has 0 saturated heterocycles. The summed E-state index contributed by atoms with van der Waals surface area (Å²) in [6, 6.07) is 7.23. The van der Waals surface area contributed by atoms with E-state index in [-0.39, 0.29) is 5.82 Å². The van der Waals surface area contributed by atoms with Crippen LogP contribution >= 0.6 is 0 Å². The van der Waals surface area contributed by atoms with E-state index in [1.807, 2.05) is 19.0 Å². The number of hydrogen-bond acceptors (Lipinski definition) is 1. The number of anilines is 1. The predicted molar refractivity (Wildman–Crippen MR) is 39.6 cm³/mol. The van der Waals surface area contributed by atoms with E-state index in [0.717, 1.165) is 5.69 Å². The fraction of sp³-hybridized carbons (Fsp3) is 0.250. The molecule has 0 aliphatic heterocycles. The van der Waals surface area contributed by atoms with E-state index in [0.29, 0.717) is 0 Å². The Bertz CT molecular complexity index is 203. The molecule has 1 rings (SSSR count). The van der Waals surface area contributed by atoms with Crippen LogP contribution < -0.4 is 4.90 Å². The van der Waals surface area contributed by atoms with Gasteiger partial charge in [-0.3, -0.25) is 0 Å². The number of hydrogen-bond donors (Lipinski definition) is 0. The lowest BCUT2D eigenvalue weighted by molar-refractivity contribution is 0.627. The second-order valence-electron chi connectivity index (χ2n) is 2.29. The highest BCUT2D eigenvalue weighted by molar-refractivity contribution is 5.42. The van der Waals surface area contributed by atoms with Crippen molar-refractivity contribution < 1.29 is 4.39 Å². The van der Waals surface area contributed by atoms with Crippen molar-refractivity contribution >= 4 is 5.69 Å². The fourth-order valence-corrected chi connectivity index (χ4v) is 0.676. The standard InChI is InChI=1S/C8H9FN/c1-10(2)8-5-3-7(9)4-6-8/h3-5H,1-2H3. The third kappa shape index (κ3) is 1.47. The van der Waals surface area contributed by atoms with Gasteiger partial charge in [0.1, 0.15) is 5.82 Å². The molecule has 0 spiro atoms. The molecule has 0 atom stereocenters. The summed E-state index contributed by atoms with van der Waals surface area (Å²) in [4.78, 5) is 1.87. The zero-order valence-electron chi connectivity index (χ0n) is 6.06. The molecular weight excluding hydrogens is 129 g/mol. The first kappa shape index (κ1) is 7.06. The Kier molecular flexibility index (Phi) is 1.90. The molecule has 1 aromatic carbocycles. The lowest BCUT2D eigenvalue weighted by Gasteiger charge is -2.10. The van der Waals surface area contributed by atoms with Crippen LogP contribution in [0.1, 0.15) is 0 Å². The van der Waals surface area contributed by atoms with Gasteiger partial charge in [-0.2, -0.15) is 0 Å². The van der Waals surface area contributed by atoms with Crippen molar-refractivity contribution in [3.05, 3.63) is 30.1 Å². The van der Waals surface area contributed by atoms with Crippen LogP contribution in [0, 0.1) is 11.9 Å². The van der Waals surface area contributed by atoms with E-state index in [2.05, 4.69) is 6.07 Å². The highest BCUT2D eigenvalue weighted by atomic mass is 19.1. The van der Waals surface area contributed by atoms with Crippen LogP contribution in [0.5, 0.6) is 0 Å². The van der Waals surface area contributed by atoms with E-state index in [1.54, 1.807) is 6.07 Å². The van der Waals surface area contributed by atoms with Crippen molar-refractivity contribution in [3.63, 3.8) is 0 Å². The van der Waals surface area contributed by atoms with Gasteiger partial charge in [0.2, 0.25) is 0 Å². The Morgan fingerprint density at radius 1 is 1.40 bits per heavy atom. The minimum atomic E-state index is -0.245. The van der Waals surface area contributed by atoms with Crippen molar-refractivity contribution in [1.82, 2.24) is 0 Å². The van der Waals surface area contributed by atoms with Gasteiger partial charge in [-0.15, -0.1) is 0 Å². The first-order chi connectivity index (χ1) is 4.70. The number of nitrogens with zero attached hydrogens (tertiary/aromatic N) is 1. The van der Waals surface area contributed by atoms with E-state index in [4.69, 9.17) is 0 Å². The third-order valence-electron chi connectivity index (χ3n) is 1.24. The molecule has 0 amide bonds. The Morgan fingerprint density at radius 2 is 2.10 bits per heavy atom. The average molecular weight is 138 g/mol. The second kappa shape index (κ2) is 2.69. The van der Waals surface area contributed by atoms with Gasteiger partial charge in [-0.1, -0.05) is 0 Å². The van der Waals surface area contributed by atoms with Crippen molar-refractivity contribution in [2.24, 2.45) is 0 Å². The van der Waals surface area contributed by atoms with Gasteiger partial charge >= 0.3 is 0 Å². The minimum absolute atomic E-state index is 0.245. The maximum atomic E-state index is 12.3. The average Bonchev–Trinajstić information content (AvgIpc) is 1.88. The van der Waals surface area contributed by atoms with E-state index in [9.17, 15) is 4.39 Å². The SMILES string of the molecule is CN(C)c1[c]cc(F)cc1. The molecule has 0 heterocycles. The molecule has 1 radical (unpaired) electrons. The monoisotopic (exact) mass is 138 g/mol. The van der Waals surface area contributed by atoms with Gasteiger partial charge < -0.3 is 4.90 Å². The Morgan fingerprint density at radius 3 is 2.50 bits per heavy atom. The van der Waals surface area contributed by atoms with E-state index >= 15 is 0 Å².